The number of benzene rings is 1. The average molecular weight is 271 g/mol. The van der Waals surface area contributed by atoms with Crippen LogP contribution in [-0.2, 0) is 0 Å². The minimum Gasteiger partial charge on any atom is -0.423 e. The zero-order chi connectivity index (χ0) is 13.8. The van der Waals surface area contributed by atoms with Crippen molar-refractivity contribution in [1.82, 2.24) is 10.2 Å². The van der Waals surface area contributed by atoms with Gasteiger partial charge in [-0.15, -0.1) is 10.2 Å². The Balaban J connectivity index is 1.70. The third kappa shape index (κ3) is 3.18. The molecule has 106 valence electrons. The smallest absolute Gasteiger partial charge is 0.247 e. The Kier molecular flexibility index (Phi) is 4.00. The van der Waals surface area contributed by atoms with E-state index in [1.807, 2.05) is 12.1 Å². The molecule has 1 aliphatic carbocycles. The lowest BCUT2D eigenvalue weighted by Gasteiger charge is -2.18. The maximum absolute atomic E-state index is 5.25. The van der Waals surface area contributed by atoms with E-state index in [1.54, 1.807) is 0 Å². The molecule has 2 atom stereocenters. The minimum absolute atomic E-state index is 0.572. The molecule has 1 N–H and O–H groups in total. The molecule has 3 rings (SSSR count). The van der Waals surface area contributed by atoms with Crippen molar-refractivity contribution in [2.24, 2.45) is 5.92 Å². The fourth-order valence-corrected chi connectivity index (χ4v) is 2.91. The van der Waals surface area contributed by atoms with Gasteiger partial charge in [-0.3, -0.25) is 0 Å². The summed E-state index contributed by atoms with van der Waals surface area (Å²) in [5.74, 6) is 1.44. The number of aromatic nitrogens is 2. The zero-order valence-electron chi connectivity index (χ0n) is 11.9. The average Bonchev–Trinajstić information content (AvgIpc) is 2.92. The predicted octanol–water partition coefficient (Wildman–Crippen LogP) is 4.12. The van der Waals surface area contributed by atoms with Crippen LogP contribution in [0.25, 0.3) is 11.5 Å². The molecule has 4 nitrogen and oxygen atoms in total. The molecule has 20 heavy (non-hydrogen) atoms. The quantitative estimate of drug-likeness (QED) is 0.853. The highest BCUT2D eigenvalue weighted by Gasteiger charge is 2.16. The maximum Gasteiger partial charge on any atom is 0.247 e. The molecule has 4 heteroatoms. The zero-order valence-corrected chi connectivity index (χ0v) is 11.9. The molecule has 1 aliphatic rings. The largest absolute Gasteiger partial charge is 0.423 e. The summed E-state index contributed by atoms with van der Waals surface area (Å²) in [5.41, 5.74) is 2.11. The Morgan fingerprint density at radius 2 is 2.15 bits per heavy atom. The molecule has 2 aromatic rings. The Morgan fingerprint density at radius 1 is 1.20 bits per heavy atom. The number of anilines is 1. The van der Waals surface area contributed by atoms with Crippen LogP contribution in [0.4, 0.5) is 5.69 Å². The highest BCUT2D eigenvalue weighted by atomic mass is 16.4. The second kappa shape index (κ2) is 6.07. The van der Waals surface area contributed by atoms with Crippen LogP contribution in [0.1, 0.15) is 39.0 Å². The minimum atomic E-state index is 0.572. The normalized spacial score (nSPS) is 23.2. The fraction of sp³-hybridized carbons (Fsp3) is 0.500. The van der Waals surface area contributed by atoms with E-state index in [9.17, 15) is 0 Å². The van der Waals surface area contributed by atoms with E-state index in [-0.39, 0.29) is 0 Å². The summed E-state index contributed by atoms with van der Waals surface area (Å²) >= 11 is 0. The van der Waals surface area contributed by atoms with Crippen LogP contribution in [0.15, 0.2) is 35.1 Å². The molecular weight excluding hydrogens is 250 g/mol. The van der Waals surface area contributed by atoms with Gasteiger partial charge in [0.05, 0.1) is 0 Å². The molecule has 0 radical (unpaired) electrons. The van der Waals surface area contributed by atoms with Gasteiger partial charge < -0.3 is 9.73 Å². The first kappa shape index (κ1) is 13.2. The van der Waals surface area contributed by atoms with Gasteiger partial charge in [0.1, 0.15) is 0 Å². The molecule has 0 aliphatic heterocycles. The summed E-state index contributed by atoms with van der Waals surface area (Å²) in [6.45, 7) is 2.36. The Bertz CT molecular complexity index is 538. The molecule has 1 fully saturated rings. The number of nitrogens with one attached hydrogen (secondary N) is 1. The summed E-state index contributed by atoms with van der Waals surface area (Å²) in [6, 6.07) is 8.79. The van der Waals surface area contributed by atoms with Crippen molar-refractivity contribution in [2.45, 2.75) is 45.1 Å². The van der Waals surface area contributed by atoms with E-state index in [0.29, 0.717) is 11.9 Å². The summed E-state index contributed by atoms with van der Waals surface area (Å²) in [6.07, 6.45) is 7.88. The second-order valence-electron chi connectivity index (χ2n) is 5.78. The Morgan fingerprint density at radius 3 is 3.00 bits per heavy atom. The van der Waals surface area contributed by atoms with E-state index in [1.165, 1.54) is 38.5 Å². The highest BCUT2D eigenvalue weighted by molar-refractivity contribution is 5.61. The van der Waals surface area contributed by atoms with Gasteiger partial charge >= 0.3 is 0 Å². The summed E-state index contributed by atoms with van der Waals surface area (Å²) in [4.78, 5) is 0. The van der Waals surface area contributed by atoms with Crippen molar-refractivity contribution in [2.75, 3.05) is 5.32 Å². The standard InChI is InChI=1S/C16H21N3O/c1-12-4-2-6-14(9-8-12)18-15-7-3-5-13(10-15)16-19-17-11-20-16/h3,5,7,10-12,14,18H,2,4,6,8-9H2,1H3. The molecule has 2 unspecified atom stereocenters. The van der Waals surface area contributed by atoms with Gasteiger partial charge in [0, 0.05) is 17.3 Å². The fourth-order valence-electron chi connectivity index (χ4n) is 2.91. The predicted molar refractivity (Wildman–Crippen MR) is 79.4 cm³/mol. The summed E-state index contributed by atoms with van der Waals surface area (Å²) < 4.78 is 5.25. The molecule has 0 bridgehead atoms. The summed E-state index contributed by atoms with van der Waals surface area (Å²) in [7, 11) is 0. The molecular formula is C16H21N3O. The van der Waals surface area contributed by atoms with Gasteiger partial charge in [0.25, 0.3) is 0 Å². The van der Waals surface area contributed by atoms with E-state index in [2.05, 4.69) is 34.6 Å². The number of nitrogens with zero attached hydrogens (tertiary/aromatic N) is 2. The third-order valence-electron chi connectivity index (χ3n) is 4.10. The van der Waals surface area contributed by atoms with Crippen LogP contribution >= 0.6 is 0 Å². The van der Waals surface area contributed by atoms with Crippen molar-refractivity contribution in [1.29, 1.82) is 0 Å². The number of hydrogen-bond acceptors (Lipinski definition) is 4. The summed E-state index contributed by atoms with van der Waals surface area (Å²) in [5, 5.41) is 11.3. The first-order valence-corrected chi connectivity index (χ1v) is 7.44. The van der Waals surface area contributed by atoms with Crippen molar-refractivity contribution in [3.8, 4) is 11.5 Å². The van der Waals surface area contributed by atoms with Crippen LogP contribution < -0.4 is 5.32 Å². The van der Waals surface area contributed by atoms with Gasteiger partial charge in [-0.05, 0) is 43.4 Å². The van der Waals surface area contributed by atoms with Crippen LogP contribution in [-0.4, -0.2) is 16.2 Å². The second-order valence-corrected chi connectivity index (χ2v) is 5.78. The molecule has 1 aromatic heterocycles. The van der Waals surface area contributed by atoms with Crippen LogP contribution in [0.3, 0.4) is 0 Å². The van der Waals surface area contributed by atoms with E-state index in [0.717, 1.165) is 17.2 Å². The van der Waals surface area contributed by atoms with Crippen LogP contribution in [0.2, 0.25) is 0 Å². The lowest BCUT2D eigenvalue weighted by atomic mass is 10.0. The monoisotopic (exact) mass is 271 g/mol. The number of hydrogen-bond donors (Lipinski definition) is 1. The van der Waals surface area contributed by atoms with E-state index >= 15 is 0 Å². The molecule has 0 amide bonds. The Labute approximate surface area is 119 Å². The maximum atomic E-state index is 5.25. The van der Waals surface area contributed by atoms with Crippen molar-refractivity contribution < 1.29 is 4.42 Å². The first-order chi connectivity index (χ1) is 9.81. The topological polar surface area (TPSA) is 51.0 Å². The van der Waals surface area contributed by atoms with Crippen LogP contribution in [0.5, 0.6) is 0 Å². The lowest BCUT2D eigenvalue weighted by Crippen LogP contribution is -2.18. The van der Waals surface area contributed by atoms with Gasteiger partial charge in [0.15, 0.2) is 0 Å². The molecule has 0 saturated heterocycles. The van der Waals surface area contributed by atoms with Gasteiger partial charge in [-0.25, -0.2) is 0 Å². The SMILES string of the molecule is CC1CCCC(Nc2cccc(-c3nnco3)c2)CC1. The van der Waals surface area contributed by atoms with E-state index < -0.39 is 0 Å². The number of rotatable bonds is 3. The molecule has 1 aromatic carbocycles. The van der Waals surface area contributed by atoms with Gasteiger partial charge in [-0.2, -0.15) is 0 Å². The van der Waals surface area contributed by atoms with Gasteiger partial charge in [0.2, 0.25) is 12.3 Å². The van der Waals surface area contributed by atoms with E-state index in [4.69, 9.17) is 4.42 Å². The first-order valence-electron chi connectivity index (χ1n) is 7.44. The van der Waals surface area contributed by atoms with Crippen LogP contribution in [0, 0.1) is 5.92 Å². The third-order valence-corrected chi connectivity index (χ3v) is 4.10. The highest BCUT2D eigenvalue weighted by Crippen LogP contribution is 2.26. The molecule has 0 spiro atoms. The van der Waals surface area contributed by atoms with Crippen molar-refractivity contribution in [3.63, 3.8) is 0 Å². The lowest BCUT2D eigenvalue weighted by molar-refractivity contribution is 0.502. The van der Waals surface area contributed by atoms with Crippen molar-refractivity contribution in [3.05, 3.63) is 30.7 Å². The van der Waals surface area contributed by atoms with Crippen molar-refractivity contribution >= 4 is 5.69 Å². The molecule has 1 saturated carbocycles. The Hall–Kier alpha value is -1.84. The molecule has 1 heterocycles. The van der Waals surface area contributed by atoms with Gasteiger partial charge in [-0.1, -0.05) is 25.8 Å².